The van der Waals surface area contributed by atoms with Crippen LogP contribution in [0.5, 0.6) is 0 Å². The van der Waals surface area contributed by atoms with E-state index >= 15 is 0 Å². The second-order valence-corrected chi connectivity index (χ2v) is 6.68. The number of para-hydroxylation sites is 1. The molecule has 2 atom stereocenters. The number of fused-ring (bicyclic) bond motifs is 1. The first kappa shape index (κ1) is 14.5. The van der Waals surface area contributed by atoms with Crippen molar-refractivity contribution in [3.63, 3.8) is 0 Å². The summed E-state index contributed by atoms with van der Waals surface area (Å²) < 4.78 is 5.72. The van der Waals surface area contributed by atoms with Gasteiger partial charge in [0.25, 0.3) is 0 Å². The van der Waals surface area contributed by atoms with E-state index in [0.29, 0.717) is 13.0 Å². The molecule has 1 aromatic rings. The van der Waals surface area contributed by atoms with E-state index in [1.54, 1.807) is 0 Å². The molecule has 2 N–H and O–H groups in total. The van der Waals surface area contributed by atoms with Gasteiger partial charge in [0.1, 0.15) is 5.54 Å². The molecule has 1 saturated carbocycles. The Morgan fingerprint density at radius 1 is 1.43 bits per heavy atom. The minimum atomic E-state index is -0.829. The lowest BCUT2D eigenvalue weighted by molar-refractivity contribution is -0.168. The summed E-state index contributed by atoms with van der Waals surface area (Å²) in [6.45, 7) is 7.44. The minimum Gasteiger partial charge on any atom is -0.378 e. The van der Waals surface area contributed by atoms with Crippen molar-refractivity contribution in [1.29, 1.82) is 0 Å². The molecular formula is C17H24N2O2. The smallest absolute Gasteiger partial charge is 0.247 e. The molecule has 1 amide bonds. The summed E-state index contributed by atoms with van der Waals surface area (Å²) in [7, 11) is 0. The van der Waals surface area contributed by atoms with Gasteiger partial charge in [-0.2, -0.15) is 0 Å². The molecule has 0 radical (unpaired) electrons. The van der Waals surface area contributed by atoms with E-state index in [4.69, 9.17) is 10.5 Å². The molecule has 1 aliphatic heterocycles. The number of carbonyl (C=O) groups excluding carboxylic acids is 1. The van der Waals surface area contributed by atoms with E-state index in [2.05, 4.69) is 6.07 Å². The highest BCUT2D eigenvalue weighted by Gasteiger charge is 2.64. The van der Waals surface area contributed by atoms with E-state index in [1.165, 1.54) is 5.56 Å². The van der Waals surface area contributed by atoms with Gasteiger partial charge in [-0.1, -0.05) is 32.0 Å². The molecule has 4 nitrogen and oxygen atoms in total. The van der Waals surface area contributed by atoms with Gasteiger partial charge in [-0.25, -0.2) is 0 Å². The largest absolute Gasteiger partial charge is 0.378 e. The van der Waals surface area contributed by atoms with E-state index in [9.17, 15) is 4.79 Å². The quantitative estimate of drug-likeness (QED) is 0.927. The Bertz CT molecular complexity index is 570. The molecule has 0 spiro atoms. The molecule has 1 aliphatic carbocycles. The van der Waals surface area contributed by atoms with Crippen molar-refractivity contribution >= 4 is 11.6 Å². The topological polar surface area (TPSA) is 55.6 Å². The van der Waals surface area contributed by atoms with Crippen LogP contribution in [0.2, 0.25) is 0 Å². The first-order valence-corrected chi connectivity index (χ1v) is 7.72. The molecule has 0 saturated heterocycles. The van der Waals surface area contributed by atoms with Crippen molar-refractivity contribution in [2.45, 2.75) is 45.3 Å². The molecule has 21 heavy (non-hydrogen) atoms. The third-order valence-electron chi connectivity index (χ3n) is 5.34. The zero-order chi connectivity index (χ0) is 15.3. The number of anilines is 1. The van der Waals surface area contributed by atoms with Gasteiger partial charge in [0.2, 0.25) is 5.91 Å². The number of nitrogens with zero attached hydrogens (tertiary/aromatic N) is 1. The molecule has 1 fully saturated rings. The summed E-state index contributed by atoms with van der Waals surface area (Å²) in [5.41, 5.74) is 7.59. The highest BCUT2D eigenvalue weighted by atomic mass is 16.5. The zero-order valence-corrected chi connectivity index (χ0v) is 13.1. The van der Waals surface area contributed by atoms with E-state index in [1.807, 2.05) is 43.9 Å². The molecule has 2 unspecified atom stereocenters. The number of rotatable bonds is 3. The van der Waals surface area contributed by atoms with Crippen molar-refractivity contribution < 1.29 is 9.53 Å². The lowest BCUT2D eigenvalue weighted by atomic mass is 9.54. The predicted octanol–water partition coefficient (Wildman–Crippen LogP) is 2.11. The molecule has 1 aromatic carbocycles. The Labute approximate surface area is 126 Å². The number of ether oxygens (including phenoxy) is 1. The van der Waals surface area contributed by atoms with Crippen molar-refractivity contribution in [3.05, 3.63) is 29.8 Å². The average molecular weight is 288 g/mol. The third-order valence-corrected chi connectivity index (χ3v) is 5.34. The van der Waals surface area contributed by atoms with Crippen LogP contribution in [0.1, 0.15) is 32.8 Å². The molecule has 1 heterocycles. The molecule has 114 valence electrons. The zero-order valence-electron chi connectivity index (χ0n) is 13.1. The van der Waals surface area contributed by atoms with Gasteiger partial charge in [-0.3, -0.25) is 4.79 Å². The second-order valence-electron chi connectivity index (χ2n) is 6.68. The van der Waals surface area contributed by atoms with Crippen LogP contribution in [0.3, 0.4) is 0 Å². The monoisotopic (exact) mass is 288 g/mol. The van der Waals surface area contributed by atoms with Gasteiger partial charge in [0.15, 0.2) is 0 Å². The number of carbonyl (C=O) groups is 1. The Balaban J connectivity index is 1.84. The molecule has 4 heteroatoms. The fraction of sp³-hybridized carbons (Fsp3) is 0.588. The number of nitrogens with two attached hydrogens (primary N) is 1. The summed E-state index contributed by atoms with van der Waals surface area (Å²) in [5, 5.41) is 0. The van der Waals surface area contributed by atoms with Crippen LogP contribution in [0.15, 0.2) is 24.3 Å². The van der Waals surface area contributed by atoms with Crippen molar-refractivity contribution in [1.82, 2.24) is 0 Å². The molecule has 3 rings (SSSR count). The van der Waals surface area contributed by atoms with Gasteiger partial charge in [0.05, 0.1) is 6.10 Å². The Kier molecular flexibility index (Phi) is 3.34. The maximum Gasteiger partial charge on any atom is 0.247 e. The molecule has 0 bridgehead atoms. The number of benzene rings is 1. The normalized spacial score (nSPS) is 29.9. The highest BCUT2D eigenvalue weighted by Crippen LogP contribution is 2.51. The van der Waals surface area contributed by atoms with Gasteiger partial charge < -0.3 is 15.4 Å². The van der Waals surface area contributed by atoms with E-state index in [-0.39, 0.29) is 17.4 Å². The third kappa shape index (κ3) is 1.93. The molecular weight excluding hydrogens is 264 g/mol. The summed E-state index contributed by atoms with van der Waals surface area (Å²) in [4.78, 5) is 14.9. The van der Waals surface area contributed by atoms with Crippen LogP contribution in [-0.4, -0.2) is 30.7 Å². The fourth-order valence-electron chi connectivity index (χ4n) is 3.59. The van der Waals surface area contributed by atoms with E-state index in [0.717, 1.165) is 18.7 Å². The van der Waals surface area contributed by atoms with Crippen LogP contribution in [-0.2, 0) is 16.0 Å². The Hall–Kier alpha value is -1.39. The Morgan fingerprint density at radius 3 is 2.81 bits per heavy atom. The molecule has 2 aliphatic rings. The maximum atomic E-state index is 13.0. The van der Waals surface area contributed by atoms with Crippen LogP contribution >= 0.6 is 0 Å². The van der Waals surface area contributed by atoms with Crippen molar-refractivity contribution in [2.24, 2.45) is 11.1 Å². The van der Waals surface area contributed by atoms with Gasteiger partial charge in [0, 0.05) is 30.7 Å². The maximum absolute atomic E-state index is 13.0. The Morgan fingerprint density at radius 2 is 2.14 bits per heavy atom. The standard InChI is InChI=1S/C17H24N2O2/c1-4-21-14-11-17(18,16(14,2)3)15(20)19-10-9-12-7-5-6-8-13(12)19/h5-8,14H,4,9-11,18H2,1-3H3. The number of hydrogen-bond acceptors (Lipinski definition) is 3. The summed E-state index contributed by atoms with van der Waals surface area (Å²) >= 11 is 0. The van der Waals surface area contributed by atoms with Gasteiger partial charge in [-0.05, 0) is 25.0 Å². The summed E-state index contributed by atoms with van der Waals surface area (Å²) in [5.74, 6) is 0.0356. The minimum absolute atomic E-state index is 0.0356. The van der Waals surface area contributed by atoms with E-state index < -0.39 is 5.54 Å². The lowest BCUT2D eigenvalue weighted by Crippen LogP contribution is -2.76. The van der Waals surface area contributed by atoms with Gasteiger partial charge in [-0.15, -0.1) is 0 Å². The summed E-state index contributed by atoms with van der Waals surface area (Å²) in [6, 6.07) is 8.09. The van der Waals surface area contributed by atoms with Crippen LogP contribution < -0.4 is 10.6 Å². The molecule has 0 aromatic heterocycles. The predicted molar refractivity (Wildman–Crippen MR) is 83.2 cm³/mol. The first-order chi connectivity index (χ1) is 9.91. The highest BCUT2D eigenvalue weighted by molar-refractivity contribution is 6.03. The van der Waals surface area contributed by atoms with Gasteiger partial charge >= 0.3 is 0 Å². The summed E-state index contributed by atoms with van der Waals surface area (Å²) in [6.07, 6.45) is 1.58. The second kappa shape index (κ2) is 4.82. The van der Waals surface area contributed by atoms with Crippen LogP contribution in [0.25, 0.3) is 0 Å². The first-order valence-electron chi connectivity index (χ1n) is 7.72. The number of amides is 1. The van der Waals surface area contributed by atoms with Crippen LogP contribution in [0.4, 0.5) is 5.69 Å². The fourth-order valence-corrected chi connectivity index (χ4v) is 3.59. The number of hydrogen-bond donors (Lipinski definition) is 1. The average Bonchev–Trinajstić information content (AvgIpc) is 2.90. The van der Waals surface area contributed by atoms with Crippen LogP contribution in [0, 0.1) is 5.41 Å². The van der Waals surface area contributed by atoms with Crippen molar-refractivity contribution in [3.8, 4) is 0 Å². The lowest BCUT2D eigenvalue weighted by Gasteiger charge is -2.58. The van der Waals surface area contributed by atoms with Crippen molar-refractivity contribution in [2.75, 3.05) is 18.1 Å². The SMILES string of the molecule is CCOC1CC(N)(C(=O)N2CCc3ccccc32)C1(C)C.